The van der Waals surface area contributed by atoms with Gasteiger partial charge in [-0.1, -0.05) is 32.0 Å². The van der Waals surface area contributed by atoms with Crippen molar-refractivity contribution >= 4 is 10.9 Å². The lowest BCUT2D eigenvalue weighted by molar-refractivity contribution is 0.761. The van der Waals surface area contributed by atoms with Gasteiger partial charge in [0.2, 0.25) is 0 Å². The Morgan fingerprint density at radius 1 is 1.35 bits per heavy atom. The molecular formula is C15H22N2. The van der Waals surface area contributed by atoms with Crippen molar-refractivity contribution in [3.63, 3.8) is 0 Å². The molecule has 1 heterocycles. The van der Waals surface area contributed by atoms with E-state index in [2.05, 4.69) is 50.6 Å². The number of fused-ring (bicyclic) bond motifs is 1. The molecular weight excluding hydrogens is 208 g/mol. The van der Waals surface area contributed by atoms with Crippen molar-refractivity contribution in [1.82, 2.24) is 4.57 Å². The van der Waals surface area contributed by atoms with E-state index in [1.54, 1.807) is 0 Å². The van der Waals surface area contributed by atoms with E-state index in [-0.39, 0.29) is 0 Å². The molecule has 92 valence electrons. The first-order chi connectivity index (χ1) is 8.11. The molecule has 0 spiro atoms. The maximum absolute atomic E-state index is 5.83. The number of nitrogens with zero attached hydrogens (tertiary/aromatic N) is 1. The normalized spacial score (nSPS) is 13.2. The summed E-state index contributed by atoms with van der Waals surface area (Å²) in [6, 6.07) is 6.61. The average Bonchev–Trinajstić information content (AvgIpc) is 2.61. The minimum absolute atomic E-state index is 0.422. The lowest BCUT2D eigenvalue weighted by atomic mass is 9.97. The van der Waals surface area contributed by atoms with Gasteiger partial charge in [0.05, 0.1) is 5.52 Å². The largest absolute Gasteiger partial charge is 0.347 e. The monoisotopic (exact) mass is 230 g/mol. The molecule has 0 fully saturated rings. The van der Waals surface area contributed by atoms with Gasteiger partial charge in [-0.3, -0.25) is 0 Å². The van der Waals surface area contributed by atoms with Crippen molar-refractivity contribution in [1.29, 1.82) is 0 Å². The van der Waals surface area contributed by atoms with Gasteiger partial charge in [-0.15, -0.1) is 0 Å². The molecule has 1 unspecified atom stereocenters. The summed E-state index contributed by atoms with van der Waals surface area (Å²) in [6.07, 6.45) is 1.07. The molecule has 0 saturated carbocycles. The minimum atomic E-state index is 0.422. The van der Waals surface area contributed by atoms with Gasteiger partial charge in [-0.05, 0) is 36.9 Å². The predicted molar refractivity (Wildman–Crippen MR) is 74.5 cm³/mol. The summed E-state index contributed by atoms with van der Waals surface area (Å²) >= 11 is 0. The van der Waals surface area contributed by atoms with Crippen LogP contribution in [0, 0.1) is 6.92 Å². The molecule has 0 bridgehead atoms. The van der Waals surface area contributed by atoms with Gasteiger partial charge in [0.1, 0.15) is 0 Å². The number of hydrogen-bond acceptors (Lipinski definition) is 1. The zero-order valence-corrected chi connectivity index (χ0v) is 11.2. The van der Waals surface area contributed by atoms with Crippen molar-refractivity contribution in [3.05, 3.63) is 35.0 Å². The maximum atomic E-state index is 5.83. The molecule has 1 atom stereocenters. The molecule has 0 aliphatic heterocycles. The summed E-state index contributed by atoms with van der Waals surface area (Å²) in [6.45, 7) is 7.32. The van der Waals surface area contributed by atoms with Crippen molar-refractivity contribution in [3.8, 4) is 0 Å². The summed E-state index contributed by atoms with van der Waals surface area (Å²) < 4.78 is 2.32. The minimum Gasteiger partial charge on any atom is -0.347 e. The number of para-hydroxylation sites is 1. The van der Waals surface area contributed by atoms with E-state index in [1.165, 1.54) is 27.7 Å². The van der Waals surface area contributed by atoms with Gasteiger partial charge >= 0.3 is 0 Å². The third-order valence-corrected chi connectivity index (χ3v) is 3.87. The highest BCUT2D eigenvalue weighted by atomic mass is 14.9. The van der Waals surface area contributed by atoms with Gasteiger partial charge < -0.3 is 10.3 Å². The van der Waals surface area contributed by atoms with Crippen LogP contribution in [0.15, 0.2) is 18.2 Å². The second-order valence-corrected chi connectivity index (χ2v) is 4.86. The van der Waals surface area contributed by atoms with E-state index < -0.39 is 0 Å². The Labute approximate surface area is 103 Å². The number of aryl methyl sites for hydroxylation is 2. The smallest absolute Gasteiger partial charge is 0.0515 e. The fraction of sp³-hybridized carbons (Fsp3) is 0.467. The lowest BCUT2D eigenvalue weighted by Crippen LogP contribution is -2.09. The average molecular weight is 230 g/mol. The van der Waals surface area contributed by atoms with Crippen LogP contribution in [0.1, 0.15) is 36.6 Å². The van der Waals surface area contributed by atoms with Gasteiger partial charge in [-0.25, -0.2) is 0 Å². The Morgan fingerprint density at radius 3 is 2.65 bits per heavy atom. The van der Waals surface area contributed by atoms with E-state index in [0.717, 1.165) is 6.42 Å². The molecule has 0 amide bonds. The quantitative estimate of drug-likeness (QED) is 0.863. The molecule has 2 nitrogen and oxygen atoms in total. The Balaban J connectivity index is 2.82. The fourth-order valence-electron chi connectivity index (χ4n) is 2.77. The molecule has 1 aromatic heterocycles. The Morgan fingerprint density at radius 2 is 2.06 bits per heavy atom. The van der Waals surface area contributed by atoms with E-state index in [4.69, 9.17) is 5.73 Å². The second kappa shape index (κ2) is 4.53. The van der Waals surface area contributed by atoms with Gasteiger partial charge in [0.15, 0.2) is 0 Å². The van der Waals surface area contributed by atoms with E-state index in [1.807, 2.05) is 0 Å². The summed E-state index contributed by atoms with van der Waals surface area (Å²) in [5.41, 5.74) is 11.4. The van der Waals surface area contributed by atoms with E-state index in [9.17, 15) is 0 Å². The fourth-order valence-corrected chi connectivity index (χ4v) is 2.77. The van der Waals surface area contributed by atoms with Crippen LogP contribution in [0.5, 0.6) is 0 Å². The van der Waals surface area contributed by atoms with Gasteiger partial charge in [-0.2, -0.15) is 0 Å². The zero-order chi connectivity index (χ0) is 12.6. The van der Waals surface area contributed by atoms with Crippen LogP contribution in [-0.2, 0) is 13.5 Å². The van der Waals surface area contributed by atoms with Crippen LogP contribution in [0.3, 0.4) is 0 Å². The predicted octanol–water partition coefficient (Wildman–Crippen LogP) is 3.11. The molecule has 2 aromatic rings. The molecule has 2 heteroatoms. The SMILES string of the molecule is CCc1cccc2c(C(C)CN)c(C)n(C)c12. The van der Waals surface area contributed by atoms with E-state index in [0.29, 0.717) is 12.5 Å². The van der Waals surface area contributed by atoms with Gasteiger partial charge in [0.25, 0.3) is 0 Å². The summed E-state index contributed by atoms with van der Waals surface area (Å²) in [7, 11) is 2.16. The molecule has 1 aromatic carbocycles. The highest BCUT2D eigenvalue weighted by Crippen LogP contribution is 2.32. The van der Waals surface area contributed by atoms with Crippen LogP contribution in [0.2, 0.25) is 0 Å². The van der Waals surface area contributed by atoms with Crippen LogP contribution < -0.4 is 5.73 Å². The third-order valence-electron chi connectivity index (χ3n) is 3.87. The molecule has 2 rings (SSSR count). The first kappa shape index (κ1) is 12.2. The summed E-state index contributed by atoms with van der Waals surface area (Å²) in [5.74, 6) is 0.422. The van der Waals surface area contributed by atoms with Crippen LogP contribution in [0.25, 0.3) is 10.9 Å². The van der Waals surface area contributed by atoms with Crippen molar-refractivity contribution in [2.75, 3.05) is 6.54 Å². The number of benzene rings is 1. The number of aromatic nitrogens is 1. The Kier molecular flexibility index (Phi) is 3.25. The van der Waals surface area contributed by atoms with Crippen molar-refractivity contribution < 1.29 is 0 Å². The van der Waals surface area contributed by atoms with Gasteiger partial charge in [0, 0.05) is 18.1 Å². The number of rotatable bonds is 3. The first-order valence-corrected chi connectivity index (χ1v) is 6.38. The first-order valence-electron chi connectivity index (χ1n) is 6.38. The topological polar surface area (TPSA) is 30.9 Å². The molecule has 0 aliphatic rings. The molecule has 0 saturated heterocycles. The third kappa shape index (κ3) is 1.77. The highest BCUT2D eigenvalue weighted by Gasteiger charge is 2.17. The molecule has 2 N–H and O–H groups in total. The van der Waals surface area contributed by atoms with Crippen molar-refractivity contribution in [2.24, 2.45) is 12.8 Å². The molecule has 0 radical (unpaired) electrons. The molecule has 0 aliphatic carbocycles. The van der Waals surface area contributed by atoms with Crippen molar-refractivity contribution in [2.45, 2.75) is 33.1 Å². The Bertz CT molecular complexity index is 537. The zero-order valence-electron chi connectivity index (χ0n) is 11.2. The number of hydrogen-bond donors (Lipinski definition) is 1. The molecule has 17 heavy (non-hydrogen) atoms. The summed E-state index contributed by atoms with van der Waals surface area (Å²) in [4.78, 5) is 0. The summed E-state index contributed by atoms with van der Waals surface area (Å²) in [5, 5.41) is 1.38. The van der Waals surface area contributed by atoms with Crippen LogP contribution >= 0.6 is 0 Å². The van der Waals surface area contributed by atoms with Crippen LogP contribution in [0.4, 0.5) is 0 Å². The van der Waals surface area contributed by atoms with E-state index >= 15 is 0 Å². The van der Waals surface area contributed by atoms with Crippen LogP contribution in [-0.4, -0.2) is 11.1 Å². The Hall–Kier alpha value is -1.28. The highest BCUT2D eigenvalue weighted by molar-refractivity contribution is 5.88. The lowest BCUT2D eigenvalue weighted by Gasteiger charge is -2.09. The second-order valence-electron chi connectivity index (χ2n) is 4.86. The maximum Gasteiger partial charge on any atom is 0.0515 e. The standard InChI is InChI=1S/C15H22N2/c1-5-12-7-6-8-13-14(10(2)9-16)11(3)17(4)15(12)13/h6-8,10H,5,9,16H2,1-4H3. The number of nitrogens with two attached hydrogens (primary N) is 1.